The van der Waals surface area contributed by atoms with Gasteiger partial charge >= 0.3 is 0 Å². The van der Waals surface area contributed by atoms with E-state index < -0.39 is 5.92 Å². The van der Waals surface area contributed by atoms with Crippen molar-refractivity contribution in [1.82, 2.24) is 9.88 Å². The van der Waals surface area contributed by atoms with Gasteiger partial charge in [-0.15, -0.1) is 11.3 Å². The van der Waals surface area contributed by atoms with Gasteiger partial charge in [0.15, 0.2) is 0 Å². The second kappa shape index (κ2) is 6.19. The highest BCUT2D eigenvalue weighted by molar-refractivity contribution is 7.13. The van der Waals surface area contributed by atoms with Crippen molar-refractivity contribution < 1.29 is 13.6 Å². The summed E-state index contributed by atoms with van der Waals surface area (Å²) in [5.41, 5.74) is 2.00. The molecule has 4 rings (SSSR count). The van der Waals surface area contributed by atoms with Gasteiger partial charge < -0.3 is 4.90 Å². The van der Waals surface area contributed by atoms with E-state index >= 15 is 0 Å². The molecule has 0 saturated carbocycles. The third-order valence-corrected chi connectivity index (χ3v) is 5.39. The number of benzene rings is 1. The number of nitrogens with zero attached hydrogens (tertiary/aromatic N) is 2. The molecule has 1 fully saturated rings. The van der Waals surface area contributed by atoms with Crippen LogP contribution in [-0.2, 0) is 0 Å². The van der Waals surface area contributed by atoms with E-state index in [9.17, 15) is 13.6 Å². The Bertz CT molecular complexity index is 914. The first-order valence-corrected chi connectivity index (χ1v) is 9.02. The highest BCUT2D eigenvalue weighted by Crippen LogP contribution is 2.31. The van der Waals surface area contributed by atoms with Gasteiger partial charge in [0.05, 0.1) is 21.7 Å². The molecule has 3 aromatic rings. The summed E-state index contributed by atoms with van der Waals surface area (Å²) in [6.45, 7) is 0.160. The molecule has 1 aliphatic heterocycles. The van der Waals surface area contributed by atoms with E-state index in [-0.39, 0.29) is 31.8 Å². The predicted molar refractivity (Wildman–Crippen MR) is 95.1 cm³/mol. The number of likely N-dealkylation sites (tertiary alicyclic amines) is 1. The van der Waals surface area contributed by atoms with Crippen LogP contribution < -0.4 is 0 Å². The molecule has 2 aromatic heterocycles. The maximum atomic E-state index is 13.4. The molecule has 0 spiro atoms. The Morgan fingerprint density at radius 2 is 1.88 bits per heavy atom. The minimum absolute atomic E-state index is 0.0802. The number of aromatic nitrogens is 1. The molecule has 3 heterocycles. The number of hydrogen-bond acceptors (Lipinski definition) is 3. The lowest BCUT2D eigenvalue weighted by molar-refractivity contribution is -0.0493. The number of fused-ring (bicyclic) bond motifs is 1. The van der Waals surface area contributed by atoms with Gasteiger partial charge in [-0.25, -0.2) is 13.8 Å². The van der Waals surface area contributed by atoms with Crippen molar-refractivity contribution in [2.75, 3.05) is 13.1 Å². The van der Waals surface area contributed by atoms with Gasteiger partial charge in [-0.05, 0) is 23.6 Å². The number of halogens is 2. The SMILES string of the molecule is O=C(c1cc(-c2cccs2)nc2ccccc12)N1CCC(F)(F)CC1. The van der Waals surface area contributed by atoms with Crippen LogP contribution in [0.1, 0.15) is 23.2 Å². The lowest BCUT2D eigenvalue weighted by Crippen LogP contribution is -2.42. The van der Waals surface area contributed by atoms with Gasteiger partial charge in [0.25, 0.3) is 11.8 Å². The van der Waals surface area contributed by atoms with Crippen LogP contribution in [0, 0.1) is 0 Å². The first-order valence-electron chi connectivity index (χ1n) is 8.14. The summed E-state index contributed by atoms with van der Waals surface area (Å²) in [6.07, 6.45) is -0.556. The van der Waals surface area contributed by atoms with E-state index in [0.29, 0.717) is 5.56 Å². The molecule has 0 unspecified atom stereocenters. The largest absolute Gasteiger partial charge is 0.338 e. The Kier molecular flexibility index (Phi) is 4.00. The Labute approximate surface area is 147 Å². The zero-order chi connectivity index (χ0) is 17.4. The van der Waals surface area contributed by atoms with Crippen LogP contribution in [0.25, 0.3) is 21.5 Å². The molecule has 0 radical (unpaired) electrons. The van der Waals surface area contributed by atoms with Crippen molar-refractivity contribution >= 4 is 28.1 Å². The van der Waals surface area contributed by atoms with E-state index in [2.05, 4.69) is 4.98 Å². The number of carbonyl (C=O) groups excluding carboxylic acids is 1. The third-order valence-electron chi connectivity index (χ3n) is 4.50. The van der Waals surface area contributed by atoms with E-state index in [1.165, 1.54) is 4.90 Å². The van der Waals surface area contributed by atoms with E-state index in [1.54, 1.807) is 17.4 Å². The molecule has 1 amide bonds. The van der Waals surface area contributed by atoms with Gasteiger partial charge in [0, 0.05) is 31.3 Å². The number of carbonyl (C=O) groups is 1. The molecule has 1 aromatic carbocycles. The summed E-state index contributed by atoms with van der Waals surface area (Å²) in [5, 5.41) is 2.71. The summed E-state index contributed by atoms with van der Waals surface area (Å²) in [4.78, 5) is 20.2. The lowest BCUT2D eigenvalue weighted by atomic mass is 10.0. The number of thiophene rings is 1. The summed E-state index contributed by atoms with van der Waals surface area (Å²) < 4.78 is 26.8. The molecule has 0 bridgehead atoms. The van der Waals surface area contributed by atoms with Gasteiger partial charge in [0.1, 0.15) is 0 Å². The number of hydrogen-bond donors (Lipinski definition) is 0. The average molecular weight is 358 g/mol. The fourth-order valence-electron chi connectivity index (χ4n) is 3.11. The Morgan fingerprint density at radius 1 is 1.12 bits per heavy atom. The molecular formula is C19H16F2N2OS. The smallest absolute Gasteiger partial charge is 0.254 e. The first kappa shape index (κ1) is 16.1. The highest BCUT2D eigenvalue weighted by atomic mass is 32.1. The van der Waals surface area contributed by atoms with Gasteiger partial charge in [-0.3, -0.25) is 4.79 Å². The summed E-state index contributed by atoms with van der Waals surface area (Å²) in [5.74, 6) is -2.87. The minimum atomic E-state index is -2.67. The molecule has 128 valence electrons. The normalized spacial score (nSPS) is 17.0. The number of rotatable bonds is 2. The second-order valence-corrected chi connectivity index (χ2v) is 7.15. The van der Waals surface area contributed by atoms with Crippen LogP contribution >= 0.6 is 11.3 Å². The Hall–Kier alpha value is -2.34. The van der Waals surface area contributed by atoms with Crippen LogP contribution in [0.3, 0.4) is 0 Å². The maximum Gasteiger partial charge on any atom is 0.254 e. The van der Waals surface area contributed by atoms with Crippen molar-refractivity contribution in [2.45, 2.75) is 18.8 Å². The van der Waals surface area contributed by atoms with Crippen molar-refractivity contribution in [3.8, 4) is 10.6 Å². The molecular weight excluding hydrogens is 342 g/mol. The van der Waals surface area contributed by atoms with Gasteiger partial charge in [-0.1, -0.05) is 24.3 Å². The quantitative estimate of drug-likeness (QED) is 0.657. The third kappa shape index (κ3) is 3.14. The summed E-state index contributed by atoms with van der Waals surface area (Å²) >= 11 is 1.55. The number of alkyl halides is 2. The molecule has 0 atom stereocenters. The molecule has 1 saturated heterocycles. The molecule has 3 nitrogen and oxygen atoms in total. The molecule has 6 heteroatoms. The number of para-hydroxylation sites is 1. The molecule has 0 N–H and O–H groups in total. The van der Waals surface area contributed by atoms with Crippen LogP contribution in [0.5, 0.6) is 0 Å². The van der Waals surface area contributed by atoms with Crippen LogP contribution in [0.4, 0.5) is 8.78 Å². The first-order chi connectivity index (χ1) is 12.0. The molecule has 25 heavy (non-hydrogen) atoms. The monoisotopic (exact) mass is 358 g/mol. The van der Waals surface area contributed by atoms with Crippen LogP contribution in [0.2, 0.25) is 0 Å². The molecule has 0 aliphatic carbocycles. The second-order valence-electron chi connectivity index (χ2n) is 6.20. The Balaban J connectivity index is 1.76. The lowest BCUT2D eigenvalue weighted by Gasteiger charge is -2.32. The van der Waals surface area contributed by atoms with Crippen molar-refractivity contribution in [2.24, 2.45) is 0 Å². The topological polar surface area (TPSA) is 33.2 Å². The number of pyridine rings is 1. The summed E-state index contributed by atoms with van der Waals surface area (Å²) in [6, 6.07) is 13.1. The minimum Gasteiger partial charge on any atom is -0.338 e. The summed E-state index contributed by atoms with van der Waals surface area (Å²) in [7, 11) is 0. The highest BCUT2D eigenvalue weighted by Gasteiger charge is 2.36. The van der Waals surface area contributed by atoms with Gasteiger partial charge in [-0.2, -0.15) is 0 Å². The van der Waals surface area contributed by atoms with E-state index in [4.69, 9.17) is 0 Å². The standard InChI is InChI=1S/C19H16F2N2OS/c20-19(21)7-9-23(10-8-19)18(24)14-12-16(17-6-3-11-25-17)22-15-5-2-1-4-13(14)15/h1-6,11-12H,7-10H2. The zero-order valence-corrected chi connectivity index (χ0v) is 14.2. The predicted octanol–water partition coefficient (Wildman–Crippen LogP) is 4.83. The number of piperidine rings is 1. The fraction of sp³-hybridized carbons (Fsp3) is 0.263. The van der Waals surface area contributed by atoms with E-state index in [0.717, 1.165) is 21.5 Å². The maximum absolute atomic E-state index is 13.4. The average Bonchev–Trinajstić information content (AvgIpc) is 3.15. The number of amides is 1. The van der Waals surface area contributed by atoms with Gasteiger partial charge in [0.2, 0.25) is 0 Å². The zero-order valence-electron chi connectivity index (χ0n) is 13.4. The van der Waals surface area contributed by atoms with Crippen LogP contribution in [-0.4, -0.2) is 34.8 Å². The van der Waals surface area contributed by atoms with Crippen molar-refractivity contribution in [3.63, 3.8) is 0 Å². The van der Waals surface area contributed by atoms with Crippen LogP contribution in [0.15, 0.2) is 47.8 Å². The van der Waals surface area contributed by atoms with Crippen molar-refractivity contribution in [3.05, 3.63) is 53.4 Å². The molecule has 1 aliphatic rings. The fourth-order valence-corrected chi connectivity index (χ4v) is 3.80. The Morgan fingerprint density at radius 3 is 2.60 bits per heavy atom. The van der Waals surface area contributed by atoms with Crippen molar-refractivity contribution in [1.29, 1.82) is 0 Å². The van der Waals surface area contributed by atoms with E-state index in [1.807, 2.05) is 41.8 Å².